The lowest BCUT2D eigenvalue weighted by Gasteiger charge is -2.28. The molecular formula is C17H20N2O5S2. The predicted molar refractivity (Wildman–Crippen MR) is 96.7 cm³/mol. The zero-order chi connectivity index (χ0) is 18.9. The van der Waals surface area contributed by atoms with E-state index in [2.05, 4.69) is 0 Å². The first kappa shape index (κ1) is 18.8. The van der Waals surface area contributed by atoms with Crippen molar-refractivity contribution >= 4 is 20.0 Å². The van der Waals surface area contributed by atoms with E-state index in [0.717, 1.165) is 5.56 Å². The first-order valence-electron chi connectivity index (χ1n) is 8.09. The summed E-state index contributed by atoms with van der Waals surface area (Å²) >= 11 is 0. The van der Waals surface area contributed by atoms with E-state index >= 15 is 0 Å². The summed E-state index contributed by atoms with van der Waals surface area (Å²) in [5.41, 5.74) is 1.58. The maximum absolute atomic E-state index is 12.9. The Morgan fingerprint density at radius 3 is 2.27 bits per heavy atom. The molecule has 0 spiro atoms. The van der Waals surface area contributed by atoms with Gasteiger partial charge >= 0.3 is 0 Å². The smallest absolute Gasteiger partial charge is 0.243 e. The molecule has 0 amide bonds. The Kier molecular flexibility index (Phi) is 5.07. The van der Waals surface area contributed by atoms with E-state index in [1.165, 1.54) is 28.6 Å². The summed E-state index contributed by atoms with van der Waals surface area (Å²) in [6.07, 6.45) is 0.510. The standard InChI is InChI=1S/C17H20N2O5S2/c1-2-24-15-4-7-16(8-5-15)26(22,23)19-10-9-13-3-6-17(25(18,20)21)11-14(13)12-19/h3-8,11H,2,9-10,12H2,1H3,(H2,18,20,21). The molecule has 2 aromatic carbocycles. The molecule has 2 aromatic rings. The molecule has 9 heteroatoms. The van der Waals surface area contributed by atoms with E-state index < -0.39 is 20.0 Å². The van der Waals surface area contributed by atoms with Crippen LogP contribution >= 0.6 is 0 Å². The Bertz CT molecular complexity index is 1020. The Morgan fingerprint density at radius 1 is 1.00 bits per heavy atom. The van der Waals surface area contributed by atoms with Gasteiger partial charge in [-0.15, -0.1) is 0 Å². The van der Waals surface area contributed by atoms with E-state index in [0.29, 0.717) is 30.9 Å². The van der Waals surface area contributed by atoms with Gasteiger partial charge < -0.3 is 4.74 Å². The Morgan fingerprint density at radius 2 is 1.65 bits per heavy atom. The van der Waals surface area contributed by atoms with Crippen LogP contribution in [-0.4, -0.2) is 34.3 Å². The fraction of sp³-hybridized carbons (Fsp3) is 0.294. The van der Waals surface area contributed by atoms with Crippen molar-refractivity contribution < 1.29 is 21.6 Å². The SMILES string of the molecule is CCOc1ccc(S(=O)(=O)N2CCc3ccc(S(N)(=O)=O)cc3C2)cc1. The van der Waals surface area contributed by atoms with Crippen LogP contribution in [0, 0.1) is 0 Å². The normalized spacial score (nSPS) is 15.5. The minimum atomic E-state index is -3.83. The number of rotatable bonds is 5. The van der Waals surface area contributed by atoms with E-state index in [1.807, 2.05) is 6.92 Å². The third kappa shape index (κ3) is 3.75. The first-order chi connectivity index (χ1) is 12.2. The van der Waals surface area contributed by atoms with Crippen LogP contribution in [0.25, 0.3) is 0 Å². The number of nitrogens with two attached hydrogens (primary N) is 1. The molecule has 0 saturated carbocycles. The third-order valence-corrected chi connectivity index (χ3v) is 7.03. The zero-order valence-corrected chi connectivity index (χ0v) is 15.9. The van der Waals surface area contributed by atoms with E-state index in [9.17, 15) is 16.8 Å². The number of sulfonamides is 2. The quantitative estimate of drug-likeness (QED) is 0.824. The van der Waals surface area contributed by atoms with Crippen molar-refractivity contribution in [3.63, 3.8) is 0 Å². The summed E-state index contributed by atoms with van der Waals surface area (Å²) in [6.45, 7) is 2.79. The van der Waals surface area contributed by atoms with Crippen LogP contribution in [0.2, 0.25) is 0 Å². The molecule has 0 atom stereocenters. The Labute approximate surface area is 153 Å². The minimum absolute atomic E-state index is 0.0171. The Balaban J connectivity index is 1.89. The summed E-state index contributed by atoms with van der Waals surface area (Å²) in [4.78, 5) is 0.156. The molecule has 0 bridgehead atoms. The van der Waals surface area contributed by atoms with Gasteiger partial charge in [0.05, 0.1) is 16.4 Å². The van der Waals surface area contributed by atoms with Gasteiger partial charge in [0.2, 0.25) is 20.0 Å². The second-order valence-electron chi connectivity index (χ2n) is 5.97. The molecule has 2 N–H and O–H groups in total. The molecule has 1 heterocycles. The third-order valence-electron chi connectivity index (χ3n) is 4.26. The predicted octanol–water partition coefficient (Wildman–Crippen LogP) is 1.48. The molecule has 26 heavy (non-hydrogen) atoms. The van der Waals surface area contributed by atoms with Gasteiger partial charge in [-0.2, -0.15) is 4.31 Å². The molecule has 3 rings (SSSR count). The lowest BCUT2D eigenvalue weighted by molar-refractivity contribution is 0.340. The van der Waals surface area contributed by atoms with Crippen molar-refractivity contribution in [2.45, 2.75) is 29.7 Å². The van der Waals surface area contributed by atoms with Gasteiger partial charge in [-0.25, -0.2) is 22.0 Å². The summed E-state index contributed by atoms with van der Waals surface area (Å²) < 4.78 is 55.5. The summed E-state index contributed by atoms with van der Waals surface area (Å²) in [7, 11) is -7.52. The molecule has 1 aliphatic heterocycles. The van der Waals surface area contributed by atoms with Gasteiger partial charge in [-0.3, -0.25) is 0 Å². The second-order valence-corrected chi connectivity index (χ2v) is 9.47. The molecule has 140 valence electrons. The topological polar surface area (TPSA) is 107 Å². The lowest BCUT2D eigenvalue weighted by atomic mass is 10.0. The fourth-order valence-corrected chi connectivity index (χ4v) is 4.90. The van der Waals surface area contributed by atoms with Crippen molar-refractivity contribution in [2.75, 3.05) is 13.2 Å². The van der Waals surface area contributed by atoms with Crippen LogP contribution in [0.4, 0.5) is 0 Å². The van der Waals surface area contributed by atoms with Crippen LogP contribution in [-0.2, 0) is 33.0 Å². The number of benzene rings is 2. The molecule has 0 aromatic heterocycles. The number of primary sulfonamides is 1. The largest absolute Gasteiger partial charge is 0.494 e. The molecule has 0 fully saturated rings. The monoisotopic (exact) mass is 396 g/mol. The van der Waals surface area contributed by atoms with Crippen molar-refractivity contribution in [1.82, 2.24) is 4.31 Å². The van der Waals surface area contributed by atoms with Gasteiger partial charge in [0.25, 0.3) is 0 Å². The average molecular weight is 396 g/mol. The highest BCUT2D eigenvalue weighted by Gasteiger charge is 2.29. The fourth-order valence-electron chi connectivity index (χ4n) is 2.91. The summed E-state index contributed by atoms with van der Waals surface area (Å²) in [5, 5.41) is 5.17. The number of fused-ring (bicyclic) bond motifs is 1. The van der Waals surface area contributed by atoms with Crippen LogP contribution in [0.5, 0.6) is 5.75 Å². The van der Waals surface area contributed by atoms with Crippen molar-refractivity contribution in [2.24, 2.45) is 5.14 Å². The highest BCUT2D eigenvalue weighted by Crippen LogP contribution is 2.27. The van der Waals surface area contributed by atoms with Gasteiger partial charge in [0.1, 0.15) is 5.75 Å². The molecule has 0 aliphatic carbocycles. The molecule has 0 unspecified atom stereocenters. The molecule has 7 nitrogen and oxygen atoms in total. The van der Waals surface area contributed by atoms with E-state index in [4.69, 9.17) is 9.88 Å². The average Bonchev–Trinajstić information content (AvgIpc) is 2.61. The van der Waals surface area contributed by atoms with Crippen LogP contribution in [0.3, 0.4) is 0 Å². The highest BCUT2D eigenvalue weighted by atomic mass is 32.2. The maximum Gasteiger partial charge on any atom is 0.243 e. The van der Waals surface area contributed by atoms with Crippen LogP contribution < -0.4 is 9.88 Å². The van der Waals surface area contributed by atoms with Crippen LogP contribution in [0.15, 0.2) is 52.3 Å². The molecule has 0 saturated heterocycles. The van der Waals surface area contributed by atoms with Crippen molar-refractivity contribution in [3.05, 3.63) is 53.6 Å². The molecular weight excluding hydrogens is 376 g/mol. The molecule has 0 radical (unpaired) electrons. The molecule has 1 aliphatic rings. The van der Waals surface area contributed by atoms with E-state index in [-0.39, 0.29) is 16.3 Å². The maximum atomic E-state index is 12.9. The van der Waals surface area contributed by atoms with Gasteiger partial charge in [0.15, 0.2) is 0 Å². The van der Waals surface area contributed by atoms with E-state index in [1.54, 1.807) is 18.2 Å². The summed E-state index contributed by atoms with van der Waals surface area (Å²) in [6, 6.07) is 10.8. The number of nitrogens with zero attached hydrogens (tertiary/aromatic N) is 1. The van der Waals surface area contributed by atoms with Crippen molar-refractivity contribution in [3.8, 4) is 5.75 Å². The second kappa shape index (κ2) is 6.99. The highest BCUT2D eigenvalue weighted by molar-refractivity contribution is 7.89. The number of hydrogen-bond acceptors (Lipinski definition) is 5. The lowest BCUT2D eigenvalue weighted by Crippen LogP contribution is -2.36. The van der Waals surface area contributed by atoms with Gasteiger partial charge in [-0.05, 0) is 60.9 Å². The number of ether oxygens (including phenoxy) is 1. The van der Waals surface area contributed by atoms with Gasteiger partial charge in [0, 0.05) is 13.1 Å². The minimum Gasteiger partial charge on any atom is -0.494 e. The van der Waals surface area contributed by atoms with Crippen molar-refractivity contribution in [1.29, 1.82) is 0 Å². The van der Waals surface area contributed by atoms with Gasteiger partial charge in [-0.1, -0.05) is 6.07 Å². The van der Waals surface area contributed by atoms with Crippen LogP contribution in [0.1, 0.15) is 18.1 Å². The first-order valence-corrected chi connectivity index (χ1v) is 11.1. The Hall–Kier alpha value is -1.94. The summed E-state index contributed by atoms with van der Waals surface area (Å²) in [5.74, 6) is 0.605. The number of hydrogen-bond donors (Lipinski definition) is 1. The zero-order valence-electron chi connectivity index (χ0n) is 14.3.